The number of rotatable bonds is 4. The number of carbonyl (C=O) groups is 1. The summed E-state index contributed by atoms with van der Waals surface area (Å²) in [6.07, 6.45) is 1.68. The van der Waals surface area contributed by atoms with E-state index in [9.17, 15) is 15.0 Å². The number of hydrogen-bond donors (Lipinski definition) is 3. The van der Waals surface area contributed by atoms with Crippen LogP contribution in [0.1, 0.15) is 16.8 Å². The number of ether oxygens (including phenoxy) is 1. The Morgan fingerprint density at radius 1 is 1.53 bits per heavy atom. The fraction of sp³-hybridized carbons (Fsp3) is 0.538. The predicted molar refractivity (Wildman–Crippen MR) is 67.5 cm³/mol. The molecule has 4 atom stereocenters. The van der Waals surface area contributed by atoms with Crippen LogP contribution in [0.2, 0.25) is 0 Å². The molecule has 3 N–H and O–H groups in total. The smallest absolute Gasteiger partial charge is 0.253 e. The minimum Gasteiger partial charge on any atom is -0.390 e. The molecule has 0 saturated heterocycles. The maximum absolute atomic E-state index is 11.9. The van der Waals surface area contributed by atoms with Gasteiger partial charge in [0, 0.05) is 25.4 Å². The van der Waals surface area contributed by atoms with Gasteiger partial charge in [-0.1, -0.05) is 0 Å². The third-order valence-corrected chi connectivity index (χ3v) is 3.42. The van der Waals surface area contributed by atoms with Gasteiger partial charge in [0.05, 0.1) is 24.3 Å². The molecule has 2 rings (SSSR count). The standard InChI is InChI=1S/C13H18N2O4/c1-19-7-9-5-10(12(17)11(9)16)15-13(18)8-3-2-4-14-6-8/h2-4,6,9-12,16-17H,5,7H2,1H3,(H,15,18)/t9-,10-,11-,12+/m1/s1. The van der Waals surface area contributed by atoms with Gasteiger partial charge in [-0.05, 0) is 18.6 Å². The molecule has 0 spiro atoms. The summed E-state index contributed by atoms with van der Waals surface area (Å²) < 4.78 is 4.99. The highest BCUT2D eigenvalue weighted by atomic mass is 16.5. The molecule has 19 heavy (non-hydrogen) atoms. The van der Waals surface area contributed by atoms with Crippen LogP contribution in [0.15, 0.2) is 24.5 Å². The summed E-state index contributed by atoms with van der Waals surface area (Å²) in [6.45, 7) is 0.359. The second kappa shape index (κ2) is 6.10. The summed E-state index contributed by atoms with van der Waals surface area (Å²) in [5, 5.41) is 22.5. The second-order valence-electron chi connectivity index (χ2n) is 4.75. The minimum atomic E-state index is -0.972. The summed E-state index contributed by atoms with van der Waals surface area (Å²) in [5.74, 6) is -0.471. The Hall–Kier alpha value is -1.50. The molecule has 0 radical (unpaired) electrons. The van der Waals surface area contributed by atoms with Crippen LogP contribution >= 0.6 is 0 Å². The third-order valence-electron chi connectivity index (χ3n) is 3.42. The Morgan fingerprint density at radius 3 is 2.95 bits per heavy atom. The number of aliphatic hydroxyl groups is 2. The van der Waals surface area contributed by atoms with Gasteiger partial charge in [0.15, 0.2) is 0 Å². The Balaban J connectivity index is 1.98. The normalized spacial score (nSPS) is 30.3. The van der Waals surface area contributed by atoms with E-state index in [1.54, 1.807) is 25.4 Å². The molecule has 0 bridgehead atoms. The van der Waals surface area contributed by atoms with Gasteiger partial charge in [0.25, 0.3) is 5.91 Å². The average Bonchev–Trinajstić information content (AvgIpc) is 2.69. The van der Waals surface area contributed by atoms with Gasteiger partial charge in [-0.3, -0.25) is 9.78 Å². The van der Waals surface area contributed by atoms with Crippen molar-refractivity contribution in [1.82, 2.24) is 10.3 Å². The van der Waals surface area contributed by atoms with E-state index in [2.05, 4.69) is 10.3 Å². The van der Waals surface area contributed by atoms with Gasteiger partial charge in [-0.25, -0.2) is 0 Å². The Morgan fingerprint density at radius 2 is 2.32 bits per heavy atom. The van der Waals surface area contributed by atoms with Crippen molar-refractivity contribution < 1.29 is 19.7 Å². The second-order valence-corrected chi connectivity index (χ2v) is 4.75. The van der Waals surface area contributed by atoms with Crippen LogP contribution in [0, 0.1) is 5.92 Å². The monoisotopic (exact) mass is 266 g/mol. The number of aromatic nitrogens is 1. The van der Waals surface area contributed by atoms with Gasteiger partial charge in [-0.15, -0.1) is 0 Å². The minimum absolute atomic E-state index is 0.167. The highest BCUT2D eigenvalue weighted by Gasteiger charge is 2.42. The van der Waals surface area contributed by atoms with E-state index in [4.69, 9.17) is 4.74 Å². The molecule has 104 valence electrons. The number of nitrogens with one attached hydrogen (secondary N) is 1. The lowest BCUT2D eigenvalue weighted by atomic mass is 10.1. The number of pyridine rings is 1. The van der Waals surface area contributed by atoms with E-state index in [1.807, 2.05) is 0 Å². The van der Waals surface area contributed by atoms with Crippen molar-refractivity contribution in [1.29, 1.82) is 0 Å². The zero-order chi connectivity index (χ0) is 13.8. The average molecular weight is 266 g/mol. The van der Waals surface area contributed by atoms with Crippen LogP contribution in [0.3, 0.4) is 0 Å². The molecule has 1 amide bonds. The predicted octanol–water partition coefficient (Wildman–Crippen LogP) is -0.432. The lowest BCUT2D eigenvalue weighted by molar-refractivity contribution is -0.00552. The zero-order valence-electron chi connectivity index (χ0n) is 10.7. The van der Waals surface area contributed by atoms with Crippen molar-refractivity contribution in [3.05, 3.63) is 30.1 Å². The highest BCUT2D eigenvalue weighted by Crippen LogP contribution is 2.27. The molecule has 6 heteroatoms. The number of amides is 1. The maximum atomic E-state index is 11.9. The number of aliphatic hydroxyl groups excluding tert-OH is 2. The van der Waals surface area contributed by atoms with Gasteiger partial charge in [0.2, 0.25) is 0 Å². The van der Waals surface area contributed by atoms with Gasteiger partial charge in [0.1, 0.15) is 6.10 Å². The number of carbonyl (C=O) groups excluding carboxylic acids is 1. The van der Waals surface area contributed by atoms with Crippen molar-refractivity contribution in [3.63, 3.8) is 0 Å². The first-order valence-corrected chi connectivity index (χ1v) is 6.19. The van der Waals surface area contributed by atoms with Gasteiger partial charge < -0.3 is 20.3 Å². The first-order chi connectivity index (χ1) is 9.13. The Bertz CT molecular complexity index is 426. The topological polar surface area (TPSA) is 91.7 Å². The van der Waals surface area contributed by atoms with Crippen LogP contribution < -0.4 is 5.32 Å². The summed E-state index contributed by atoms with van der Waals surface area (Å²) in [7, 11) is 1.54. The molecule has 1 heterocycles. The maximum Gasteiger partial charge on any atom is 0.253 e. The summed E-state index contributed by atoms with van der Waals surface area (Å²) in [4.78, 5) is 15.8. The third kappa shape index (κ3) is 3.09. The fourth-order valence-electron chi connectivity index (χ4n) is 2.40. The Kier molecular flexibility index (Phi) is 4.47. The van der Waals surface area contributed by atoms with Crippen molar-refractivity contribution in [2.45, 2.75) is 24.7 Å². The molecule has 6 nitrogen and oxygen atoms in total. The fourth-order valence-corrected chi connectivity index (χ4v) is 2.40. The summed E-state index contributed by atoms with van der Waals surface area (Å²) in [6, 6.07) is 2.85. The highest BCUT2D eigenvalue weighted by molar-refractivity contribution is 5.94. The quantitative estimate of drug-likeness (QED) is 0.687. The van der Waals surface area contributed by atoms with Crippen LogP contribution in [0.4, 0.5) is 0 Å². The molecule has 1 aromatic rings. The van der Waals surface area contributed by atoms with E-state index in [1.165, 1.54) is 6.20 Å². The molecule has 1 aliphatic carbocycles. The van der Waals surface area contributed by atoms with Crippen LogP contribution in [0.5, 0.6) is 0 Å². The largest absolute Gasteiger partial charge is 0.390 e. The van der Waals surface area contributed by atoms with E-state index >= 15 is 0 Å². The van der Waals surface area contributed by atoms with E-state index in [-0.39, 0.29) is 11.8 Å². The first-order valence-electron chi connectivity index (χ1n) is 6.19. The summed E-state index contributed by atoms with van der Waals surface area (Å²) >= 11 is 0. The SMILES string of the molecule is COC[C@H]1C[C@@H](NC(=O)c2cccnc2)[C@H](O)[C@@H]1O. The number of methoxy groups -OCH3 is 1. The Labute approximate surface area is 111 Å². The van der Waals surface area contributed by atoms with Crippen molar-refractivity contribution in [2.24, 2.45) is 5.92 Å². The van der Waals surface area contributed by atoms with E-state index < -0.39 is 18.2 Å². The first kappa shape index (κ1) is 13.9. The molecular formula is C13H18N2O4. The molecule has 0 aromatic carbocycles. The van der Waals surface area contributed by atoms with Crippen LogP contribution in [-0.4, -0.2) is 53.1 Å². The molecule has 1 saturated carbocycles. The van der Waals surface area contributed by atoms with E-state index in [0.717, 1.165) is 0 Å². The molecule has 1 aromatic heterocycles. The molecule has 1 aliphatic rings. The molecule has 1 fully saturated rings. The lowest BCUT2D eigenvalue weighted by Crippen LogP contribution is -2.43. The van der Waals surface area contributed by atoms with Crippen molar-refractivity contribution >= 4 is 5.91 Å². The number of nitrogens with zero attached hydrogens (tertiary/aromatic N) is 1. The van der Waals surface area contributed by atoms with E-state index in [0.29, 0.717) is 18.6 Å². The molecule has 0 unspecified atom stereocenters. The van der Waals surface area contributed by atoms with Gasteiger partial charge >= 0.3 is 0 Å². The molecule has 0 aliphatic heterocycles. The lowest BCUT2D eigenvalue weighted by Gasteiger charge is -2.18. The van der Waals surface area contributed by atoms with Crippen molar-refractivity contribution in [2.75, 3.05) is 13.7 Å². The zero-order valence-corrected chi connectivity index (χ0v) is 10.7. The number of hydrogen-bond acceptors (Lipinski definition) is 5. The van der Waals surface area contributed by atoms with Crippen LogP contribution in [0.25, 0.3) is 0 Å². The van der Waals surface area contributed by atoms with Gasteiger partial charge in [-0.2, -0.15) is 0 Å². The van der Waals surface area contributed by atoms with Crippen molar-refractivity contribution in [3.8, 4) is 0 Å². The van der Waals surface area contributed by atoms with Crippen LogP contribution in [-0.2, 0) is 4.74 Å². The summed E-state index contributed by atoms with van der Waals surface area (Å²) in [5.41, 5.74) is 0.430. The molecular weight excluding hydrogens is 248 g/mol.